The molecule has 2 aromatic rings. The van der Waals surface area contributed by atoms with Crippen molar-refractivity contribution >= 4 is 29.2 Å². The highest BCUT2D eigenvalue weighted by molar-refractivity contribution is 6.31. The Hall–Kier alpha value is -2.24. The van der Waals surface area contributed by atoms with Crippen LogP contribution < -0.4 is 0 Å². The summed E-state index contributed by atoms with van der Waals surface area (Å²) in [4.78, 5) is 13.5. The van der Waals surface area contributed by atoms with Crippen LogP contribution in [0.1, 0.15) is 50.7 Å². The molecule has 5 nitrogen and oxygen atoms in total. The predicted octanol–water partition coefficient (Wildman–Crippen LogP) is 6.02. The third-order valence-corrected chi connectivity index (χ3v) is 8.31. The van der Waals surface area contributed by atoms with Crippen LogP contribution in [0.25, 0.3) is 0 Å². The number of carbonyl (C=O) groups is 1. The van der Waals surface area contributed by atoms with Crippen molar-refractivity contribution in [2.75, 3.05) is 13.2 Å². The van der Waals surface area contributed by atoms with Gasteiger partial charge in [0, 0.05) is 35.1 Å². The van der Waals surface area contributed by atoms with E-state index in [0.29, 0.717) is 12.8 Å². The number of nitriles is 1. The third kappa shape index (κ3) is 4.97. The van der Waals surface area contributed by atoms with Crippen LogP contribution in [0.3, 0.4) is 0 Å². The summed E-state index contributed by atoms with van der Waals surface area (Å²) in [6, 6.07) is 9.50. The SMILES string of the molecule is CC(C)(C)C[C@@H]1N(C[C@H]2CC2C(=O)O)[C@@H](CO)[C@H](c2cccc(Cl)c2F)[C@@]1(C#N)c1ccc(Cl)cc1F. The number of aliphatic hydroxyl groups excluding tert-OH is 1. The fraction of sp³-hybridized carbons (Fsp3) is 0.500. The fourth-order valence-corrected chi connectivity index (χ4v) is 6.48. The number of hydrogen-bond acceptors (Lipinski definition) is 4. The van der Waals surface area contributed by atoms with Gasteiger partial charge in [-0.3, -0.25) is 9.69 Å². The molecule has 1 saturated heterocycles. The Balaban J connectivity index is 2.00. The minimum atomic E-state index is -1.63. The first kappa shape index (κ1) is 27.8. The van der Waals surface area contributed by atoms with Crippen LogP contribution in [0.15, 0.2) is 36.4 Å². The maximum Gasteiger partial charge on any atom is 0.306 e. The van der Waals surface area contributed by atoms with E-state index >= 15 is 8.78 Å². The molecule has 0 spiro atoms. The molecule has 1 aliphatic carbocycles. The molecule has 1 heterocycles. The van der Waals surface area contributed by atoms with E-state index in [9.17, 15) is 20.3 Å². The molecule has 2 aliphatic rings. The number of rotatable bonds is 7. The van der Waals surface area contributed by atoms with Crippen LogP contribution in [0.2, 0.25) is 10.0 Å². The van der Waals surface area contributed by atoms with Crippen molar-refractivity contribution < 1.29 is 23.8 Å². The van der Waals surface area contributed by atoms with Crippen molar-refractivity contribution in [3.05, 3.63) is 69.2 Å². The van der Waals surface area contributed by atoms with E-state index in [-0.39, 0.29) is 39.0 Å². The van der Waals surface area contributed by atoms with E-state index < -0.39 is 53.5 Å². The fourth-order valence-electron chi connectivity index (χ4n) is 6.14. The second-order valence-corrected chi connectivity index (χ2v) is 12.2. The van der Waals surface area contributed by atoms with Crippen molar-refractivity contribution in [1.29, 1.82) is 5.26 Å². The predicted molar refractivity (Wildman–Crippen MR) is 138 cm³/mol. The summed E-state index contributed by atoms with van der Waals surface area (Å²) in [5.74, 6) is -4.04. The molecule has 0 amide bonds. The molecule has 1 unspecified atom stereocenters. The largest absolute Gasteiger partial charge is 0.481 e. The molecule has 0 aromatic heterocycles. The quantitative estimate of drug-likeness (QED) is 0.440. The Morgan fingerprint density at radius 3 is 2.49 bits per heavy atom. The average Bonchev–Trinajstić information content (AvgIpc) is 3.54. The van der Waals surface area contributed by atoms with Gasteiger partial charge < -0.3 is 10.2 Å². The first-order chi connectivity index (χ1) is 17.4. The van der Waals surface area contributed by atoms with Crippen LogP contribution in [-0.4, -0.2) is 46.3 Å². The molecule has 9 heteroatoms. The minimum Gasteiger partial charge on any atom is -0.481 e. The molecule has 2 fully saturated rings. The number of halogens is 4. The van der Waals surface area contributed by atoms with Gasteiger partial charge in [0.2, 0.25) is 0 Å². The van der Waals surface area contributed by atoms with Gasteiger partial charge in [-0.15, -0.1) is 0 Å². The Labute approximate surface area is 225 Å². The van der Waals surface area contributed by atoms with Gasteiger partial charge in [0.15, 0.2) is 0 Å². The van der Waals surface area contributed by atoms with E-state index in [1.165, 1.54) is 24.3 Å². The van der Waals surface area contributed by atoms with Crippen molar-refractivity contribution in [3.63, 3.8) is 0 Å². The minimum absolute atomic E-state index is 0.0598. The lowest BCUT2D eigenvalue weighted by atomic mass is 9.62. The Morgan fingerprint density at radius 1 is 1.24 bits per heavy atom. The van der Waals surface area contributed by atoms with E-state index in [1.54, 1.807) is 6.07 Å². The first-order valence-electron chi connectivity index (χ1n) is 12.3. The Morgan fingerprint density at radius 2 is 1.95 bits per heavy atom. The molecule has 2 aromatic carbocycles. The zero-order valence-electron chi connectivity index (χ0n) is 20.9. The Kier molecular flexibility index (Phi) is 7.62. The summed E-state index contributed by atoms with van der Waals surface area (Å²) < 4.78 is 31.3. The van der Waals surface area contributed by atoms with Gasteiger partial charge in [0.05, 0.1) is 23.6 Å². The topological polar surface area (TPSA) is 84.6 Å². The monoisotopic (exact) mass is 550 g/mol. The highest BCUT2D eigenvalue weighted by Gasteiger charge is 2.63. The molecule has 198 valence electrons. The molecular formula is C28H30Cl2F2N2O3. The van der Waals surface area contributed by atoms with E-state index in [4.69, 9.17) is 23.2 Å². The van der Waals surface area contributed by atoms with Gasteiger partial charge in [-0.25, -0.2) is 8.78 Å². The maximum absolute atomic E-state index is 15.7. The van der Waals surface area contributed by atoms with Crippen molar-refractivity contribution in [3.8, 4) is 6.07 Å². The van der Waals surface area contributed by atoms with Gasteiger partial charge >= 0.3 is 5.97 Å². The standard InChI is InChI=1S/C28H30Cl2F2N2O3/c1-27(2,3)11-23-28(14-33,19-8-7-16(29)10-21(19)31)24(17-5-4-6-20(30)25(17)32)22(13-35)34(23)12-15-9-18(15)26(36)37/h4-8,10,15,18,22-24,35H,9,11-13H2,1-3H3,(H,36,37)/t15-,18?,22+,23+,24+,28+/m1/s1. The van der Waals surface area contributed by atoms with Gasteiger partial charge in [-0.05, 0) is 47.9 Å². The highest BCUT2D eigenvalue weighted by Crippen LogP contribution is 2.57. The van der Waals surface area contributed by atoms with E-state index in [0.717, 1.165) is 6.07 Å². The van der Waals surface area contributed by atoms with Crippen molar-refractivity contribution in [2.45, 2.75) is 57.0 Å². The number of benzene rings is 2. The summed E-state index contributed by atoms with van der Waals surface area (Å²) in [5, 5.41) is 31.2. The molecule has 6 atom stereocenters. The summed E-state index contributed by atoms with van der Waals surface area (Å²) >= 11 is 12.2. The first-order valence-corrected chi connectivity index (χ1v) is 13.0. The lowest BCUT2D eigenvalue weighted by molar-refractivity contribution is -0.138. The Bertz CT molecular complexity index is 1240. The number of hydrogen-bond donors (Lipinski definition) is 2. The molecule has 2 N–H and O–H groups in total. The lowest BCUT2D eigenvalue weighted by Crippen LogP contribution is -2.47. The van der Waals surface area contributed by atoms with Crippen LogP contribution in [-0.2, 0) is 10.2 Å². The van der Waals surface area contributed by atoms with Gasteiger partial charge in [-0.1, -0.05) is 62.2 Å². The summed E-state index contributed by atoms with van der Waals surface area (Å²) in [6.07, 6.45) is 0.875. The summed E-state index contributed by atoms with van der Waals surface area (Å²) in [6.45, 7) is 5.80. The van der Waals surface area contributed by atoms with Crippen molar-refractivity contribution in [1.82, 2.24) is 4.90 Å². The normalized spacial score (nSPS) is 29.8. The van der Waals surface area contributed by atoms with Crippen LogP contribution in [0, 0.1) is 40.2 Å². The molecule has 4 rings (SSSR count). The van der Waals surface area contributed by atoms with Gasteiger partial charge in [0.25, 0.3) is 0 Å². The molecule has 0 radical (unpaired) electrons. The molecule has 0 bridgehead atoms. The van der Waals surface area contributed by atoms with Crippen LogP contribution >= 0.6 is 23.2 Å². The smallest absolute Gasteiger partial charge is 0.306 e. The number of carboxylic acids is 1. The number of aliphatic hydroxyl groups is 1. The third-order valence-electron chi connectivity index (χ3n) is 7.78. The maximum atomic E-state index is 15.7. The highest BCUT2D eigenvalue weighted by atomic mass is 35.5. The lowest BCUT2D eigenvalue weighted by Gasteiger charge is -2.39. The summed E-state index contributed by atoms with van der Waals surface area (Å²) in [7, 11) is 0. The second-order valence-electron chi connectivity index (χ2n) is 11.4. The number of aliphatic carboxylic acids is 1. The van der Waals surface area contributed by atoms with Gasteiger partial charge in [-0.2, -0.15) is 5.26 Å². The van der Waals surface area contributed by atoms with Crippen LogP contribution in [0.4, 0.5) is 8.78 Å². The summed E-state index contributed by atoms with van der Waals surface area (Å²) in [5.41, 5.74) is -1.81. The molecule has 1 aliphatic heterocycles. The molecular weight excluding hydrogens is 521 g/mol. The number of carboxylic acid groups (broad SMARTS) is 1. The zero-order valence-corrected chi connectivity index (χ0v) is 22.4. The number of likely N-dealkylation sites (tertiary alicyclic amines) is 1. The second kappa shape index (κ2) is 10.1. The van der Waals surface area contributed by atoms with Gasteiger partial charge in [0.1, 0.15) is 17.0 Å². The average molecular weight is 551 g/mol. The number of nitrogens with zero attached hydrogens (tertiary/aromatic N) is 2. The molecule has 1 saturated carbocycles. The van der Waals surface area contributed by atoms with Crippen molar-refractivity contribution in [2.24, 2.45) is 17.3 Å². The molecule has 37 heavy (non-hydrogen) atoms. The zero-order chi connectivity index (χ0) is 27.3. The van der Waals surface area contributed by atoms with Crippen LogP contribution in [0.5, 0.6) is 0 Å². The van der Waals surface area contributed by atoms with E-state index in [1.807, 2.05) is 25.7 Å². The van der Waals surface area contributed by atoms with E-state index in [2.05, 4.69) is 6.07 Å².